The van der Waals surface area contributed by atoms with Crippen molar-refractivity contribution in [3.8, 4) is 11.5 Å². The molecule has 1 aliphatic heterocycles. The summed E-state index contributed by atoms with van der Waals surface area (Å²) in [5, 5.41) is 4.03. The number of benzene rings is 2. The Kier molecular flexibility index (Phi) is 6.66. The maximum absolute atomic E-state index is 13.0. The average molecular weight is 452 g/mol. The standard InChI is InChI=1S/C24H22ClN3O4/c25-21-12-13-22(29)28(26-21)16-23(30)27-14-4-5-18(15-27)24(31)17-8-10-20(11-9-17)32-19-6-2-1-3-7-19/h1-3,6-13,18H,4-5,14-16H2/t18-/m1/s1. The first-order valence-electron chi connectivity index (χ1n) is 10.4. The van der Waals surface area contributed by atoms with Gasteiger partial charge in [0.2, 0.25) is 5.91 Å². The summed E-state index contributed by atoms with van der Waals surface area (Å²) < 4.78 is 6.82. The predicted octanol–water partition coefficient (Wildman–Crippen LogP) is 3.81. The van der Waals surface area contributed by atoms with Gasteiger partial charge in [-0.25, -0.2) is 4.68 Å². The van der Waals surface area contributed by atoms with E-state index in [1.165, 1.54) is 12.1 Å². The second-order valence-electron chi connectivity index (χ2n) is 7.63. The van der Waals surface area contributed by atoms with E-state index < -0.39 is 5.56 Å². The molecule has 1 amide bonds. The van der Waals surface area contributed by atoms with E-state index in [2.05, 4.69) is 5.10 Å². The van der Waals surface area contributed by atoms with Crippen molar-refractivity contribution in [2.24, 2.45) is 5.92 Å². The quantitative estimate of drug-likeness (QED) is 0.532. The maximum Gasteiger partial charge on any atom is 0.267 e. The highest BCUT2D eigenvalue weighted by Crippen LogP contribution is 2.25. The van der Waals surface area contributed by atoms with Crippen molar-refractivity contribution in [3.63, 3.8) is 0 Å². The van der Waals surface area contributed by atoms with Crippen LogP contribution in [0.2, 0.25) is 5.15 Å². The minimum Gasteiger partial charge on any atom is -0.457 e. The van der Waals surface area contributed by atoms with Crippen molar-refractivity contribution < 1.29 is 14.3 Å². The van der Waals surface area contributed by atoms with Gasteiger partial charge in [-0.2, -0.15) is 5.10 Å². The number of amides is 1. The van der Waals surface area contributed by atoms with Crippen molar-refractivity contribution in [2.45, 2.75) is 19.4 Å². The van der Waals surface area contributed by atoms with Crippen LogP contribution in [0.4, 0.5) is 0 Å². The van der Waals surface area contributed by atoms with E-state index >= 15 is 0 Å². The topological polar surface area (TPSA) is 81.5 Å². The lowest BCUT2D eigenvalue weighted by Crippen LogP contribution is -2.44. The van der Waals surface area contributed by atoms with Gasteiger partial charge in [0.1, 0.15) is 23.2 Å². The number of piperidine rings is 1. The SMILES string of the molecule is O=C(c1ccc(Oc2ccccc2)cc1)[C@@H]1CCCN(C(=O)Cn2nc(Cl)ccc2=O)C1. The van der Waals surface area contributed by atoms with E-state index in [1.807, 2.05) is 30.3 Å². The van der Waals surface area contributed by atoms with E-state index in [0.29, 0.717) is 30.8 Å². The zero-order valence-corrected chi connectivity index (χ0v) is 18.1. The summed E-state index contributed by atoms with van der Waals surface area (Å²) in [6.45, 7) is 0.656. The monoisotopic (exact) mass is 451 g/mol. The Bertz CT molecular complexity index is 1160. The lowest BCUT2D eigenvalue weighted by molar-refractivity contribution is -0.133. The Morgan fingerprint density at radius 3 is 2.47 bits per heavy atom. The number of likely N-dealkylation sites (tertiary alicyclic amines) is 1. The second-order valence-corrected chi connectivity index (χ2v) is 8.02. The Morgan fingerprint density at radius 2 is 1.72 bits per heavy atom. The molecule has 32 heavy (non-hydrogen) atoms. The number of halogens is 1. The molecule has 1 aromatic heterocycles. The average Bonchev–Trinajstić information content (AvgIpc) is 2.82. The number of carbonyl (C=O) groups excluding carboxylic acids is 2. The van der Waals surface area contributed by atoms with E-state index in [-0.39, 0.29) is 29.3 Å². The second kappa shape index (κ2) is 9.78. The fourth-order valence-corrected chi connectivity index (χ4v) is 3.88. The number of hydrogen-bond acceptors (Lipinski definition) is 5. The Morgan fingerprint density at radius 1 is 1.00 bits per heavy atom. The third kappa shape index (κ3) is 5.23. The molecule has 0 spiro atoms. The molecular formula is C24H22ClN3O4. The van der Waals surface area contributed by atoms with Crippen molar-refractivity contribution in [2.75, 3.05) is 13.1 Å². The predicted molar refractivity (Wildman–Crippen MR) is 120 cm³/mol. The van der Waals surface area contributed by atoms with Gasteiger partial charge in [0, 0.05) is 30.6 Å². The lowest BCUT2D eigenvalue weighted by Gasteiger charge is -2.32. The molecule has 1 saturated heterocycles. The summed E-state index contributed by atoms with van der Waals surface area (Å²) in [5.41, 5.74) is 0.183. The molecule has 1 atom stereocenters. The lowest BCUT2D eigenvalue weighted by atomic mass is 9.90. The molecule has 0 unspecified atom stereocenters. The summed E-state index contributed by atoms with van der Waals surface area (Å²) in [6.07, 6.45) is 1.43. The van der Waals surface area contributed by atoms with Crippen LogP contribution in [0.5, 0.6) is 11.5 Å². The van der Waals surface area contributed by atoms with Crippen molar-refractivity contribution in [1.29, 1.82) is 0 Å². The zero-order valence-electron chi connectivity index (χ0n) is 17.3. The molecule has 4 rings (SSSR count). The minimum atomic E-state index is -0.398. The van der Waals surface area contributed by atoms with Gasteiger partial charge < -0.3 is 9.64 Å². The van der Waals surface area contributed by atoms with Gasteiger partial charge in [-0.1, -0.05) is 29.8 Å². The largest absolute Gasteiger partial charge is 0.457 e. The fourth-order valence-electron chi connectivity index (χ4n) is 3.73. The first-order chi connectivity index (χ1) is 15.5. The summed E-state index contributed by atoms with van der Waals surface area (Å²) in [4.78, 5) is 39.3. The van der Waals surface area contributed by atoms with Crippen LogP contribution in [0.25, 0.3) is 0 Å². The molecular weight excluding hydrogens is 430 g/mol. The molecule has 0 bridgehead atoms. The number of ketones is 1. The van der Waals surface area contributed by atoms with Gasteiger partial charge in [-0.15, -0.1) is 0 Å². The Hall–Kier alpha value is -3.45. The highest BCUT2D eigenvalue weighted by atomic mass is 35.5. The normalized spacial score (nSPS) is 15.9. The molecule has 2 heterocycles. The molecule has 2 aromatic carbocycles. The molecule has 0 aliphatic carbocycles. The summed E-state index contributed by atoms with van der Waals surface area (Å²) in [6, 6.07) is 19.1. The van der Waals surface area contributed by atoms with Gasteiger partial charge in [-0.3, -0.25) is 14.4 Å². The van der Waals surface area contributed by atoms with Gasteiger partial charge in [-0.05, 0) is 55.3 Å². The van der Waals surface area contributed by atoms with Crippen LogP contribution in [0.15, 0.2) is 71.5 Å². The number of carbonyl (C=O) groups is 2. The van der Waals surface area contributed by atoms with Crippen LogP contribution in [0.3, 0.4) is 0 Å². The van der Waals surface area contributed by atoms with E-state index in [9.17, 15) is 14.4 Å². The van der Waals surface area contributed by atoms with Crippen LogP contribution in [0, 0.1) is 5.92 Å². The number of rotatable bonds is 6. The van der Waals surface area contributed by atoms with Crippen LogP contribution < -0.4 is 10.3 Å². The number of nitrogens with zero attached hydrogens (tertiary/aromatic N) is 3. The third-order valence-electron chi connectivity index (χ3n) is 5.38. The van der Waals surface area contributed by atoms with E-state index in [0.717, 1.165) is 16.9 Å². The number of ether oxygens (including phenoxy) is 1. The van der Waals surface area contributed by atoms with Crippen LogP contribution >= 0.6 is 11.6 Å². The number of aromatic nitrogens is 2. The smallest absolute Gasteiger partial charge is 0.267 e. The molecule has 0 N–H and O–H groups in total. The number of hydrogen-bond donors (Lipinski definition) is 0. The Balaban J connectivity index is 1.39. The van der Waals surface area contributed by atoms with Crippen LogP contribution in [-0.4, -0.2) is 39.5 Å². The van der Waals surface area contributed by atoms with Crippen molar-refractivity contribution in [1.82, 2.24) is 14.7 Å². The molecule has 3 aromatic rings. The number of Topliss-reactive ketones (excluding diaryl/α,β-unsaturated/α-hetero) is 1. The third-order valence-corrected chi connectivity index (χ3v) is 5.58. The highest BCUT2D eigenvalue weighted by Gasteiger charge is 2.29. The first kappa shape index (κ1) is 21.8. The molecule has 8 heteroatoms. The van der Waals surface area contributed by atoms with Gasteiger partial charge in [0.15, 0.2) is 5.78 Å². The fraction of sp³-hybridized carbons (Fsp3) is 0.250. The van der Waals surface area contributed by atoms with Gasteiger partial charge in [0.25, 0.3) is 5.56 Å². The molecule has 1 aliphatic rings. The summed E-state index contributed by atoms with van der Waals surface area (Å²) in [7, 11) is 0. The molecule has 1 fully saturated rings. The van der Waals surface area contributed by atoms with Gasteiger partial charge >= 0.3 is 0 Å². The molecule has 0 saturated carbocycles. The molecule has 0 radical (unpaired) electrons. The van der Waals surface area contributed by atoms with E-state index in [1.54, 1.807) is 29.2 Å². The Labute approximate surface area is 190 Å². The molecule has 164 valence electrons. The number of para-hydroxylation sites is 1. The summed E-state index contributed by atoms with van der Waals surface area (Å²) >= 11 is 5.83. The van der Waals surface area contributed by atoms with Crippen molar-refractivity contribution in [3.05, 3.63) is 87.8 Å². The molecule has 7 nitrogen and oxygen atoms in total. The highest BCUT2D eigenvalue weighted by molar-refractivity contribution is 6.29. The van der Waals surface area contributed by atoms with Crippen LogP contribution in [0.1, 0.15) is 23.2 Å². The minimum absolute atomic E-state index is 0.00758. The van der Waals surface area contributed by atoms with Crippen LogP contribution in [-0.2, 0) is 11.3 Å². The summed E-state index contributed by atoms with van der Waals surface area (Å²) in [5.74, 6) is 0.810. The first-order valence-corrected chi connectivity index (χ1v) is 10.8. The van der Waals surface area contributed by atoms with Crippen molar-refractivity contribution >= 4 is 23.3 Å². The zero-order chi connectivity index (χ0) is 22.5. The van der Waals surface area contributed by atoms with E-state index in [4.69, 9.17) is 16.3 Å². The van der Waals surface area contributed by atoms with Gasteiger partial charge in [0.05, 0.1) is 0 Å². The maximum atomic E-state index is 13.0.